The minimum Gasteiger partial charge on any atom is -0.482 e. The third-order valence-corrected chi connectivity index (χ3v) is 6.57. The van der Waals surface area contributed by atoms with Crippen LogP contribution in [-0.4, -0.2) is 28.7 Å². The van der Waals surface area contributed by atoms with Crippen LogP contribution in [0.15, 0.2) is 108 Å². The lowest BCUT2D eigenvalue weighted by Gasteiger charge is -2.14. The van der Waals surface area contributed by atoms with Gasteiger partial charge in [0.1, 0.15) is 5.75 Å². The van der Waals surface area contributed by atoms with E-state index in [1.807, 2.05) is 67.0 Å². The number of aromatic nitrogens is 2. The molecule has 6 nitrogen and oxygen atoms in total. The number of carbonyl (C=O) groups is 1. The summed E-state index contributed by atoms with van der Waals surface area (Å²) in [6.07, 6.45) is 5.31. The van der Waals surface area contributed by atoms with Crippen molar-refractivity contribution in [3.05, 3.63) is 119 Å². The lowest BCUT2D eigenvalue weighted by Crippen LogP contribution is -2.19. The normalized spacial score (nSPS) is 10.9. The molecule has 0 bridgehead atoms. The molecular formula is C33H30N2O4. The van der Waals surface area contributed by atoms with Crippen LogP contribution in [0, 0.1) is 0 Å². The SMILES string of the molecule is CCOC(=O)COc1cccc(CCCn2cc(-c3ccccc3-c3cccc4cccnc34)ccc2=O)c1. The Kier molecular flexibility index (Phi) is 8.12. The highest BCUT2D eigenvalue weighted by Crippen LogP contribution is 2.35. The summed E-state index contributed by atoms with van der Waals surface area (Å²) in [6.45, 7) is 2.56. The molecule has 0 radical (unpaired) electrons. The second-order valence-electron chi connectivity index (χ2n) is 9.22. The molecule has 0 aliphatic heterocycles. The Morgan fingerprint density at radius 2 is 1.67 bits per heavy atom. The van der Waals surface area contributed by atoms with Crippen molar-refractivity contribution in [1.82, 2.24) is 9.55 Å². The number of ether oxygens (including phenoxy) is 2. The van der Waals surface area contributed by atoms with Crippen molar-refractivity contribution in [3.63, 3.8) is 0 Å². The molecule has 0 aliphatic rings. The van der Waals surface area contributed by atoms with E-state index in [1.54, 1.807) is 17.6 Å². The summed E-state index contributed by atoms with van der Waals surface area (Å²) in [5.41, 5.74) is 6.17. The average molecular weight is 519 g/mol. The van der Waals surface area contributed by atoms with Gasteiger partial charge < -0.3 is 14.0 Å². The van der Waals surface area contributed by atoms with E-state index in [2.05, 4.69) is 35.3 Å². The highest BCUT2D eigenvalue weighted by atomic mass is 16.6. The summed E-state index contributed by atoms with van der Waals surface area (Å²) in [5.74, 6) is 0.236. The minimum absolute atomic E-state index is 0.0328. The van der Waals surface area contributed by atoms with Gasteiger partial charge in [-0.15, -0.1) is 0 Å². The zero-order valence-corrected chi connectivity index (χ0v) is 21.9. The first kappa shape index (κ1) is 25.9. The predicted molar refractivity (Wildman–Crippen MR) is 154 cm³/mol. The van der Waals surface area contributed by atoms with Crippen LogP contribution in [0.3, 0.4) is 0 Å². The first-order chi connectivity index (χ1) is 19.1. The standard InChI is InChI=1S/C33H30N2O4/c1-2-38-32(37)23-39-27-13-5-9-24(21-27)10-8-20-35-22-26(17-18-31(35)36)28-14-3-4-15-29(28)30-16-6-11-25-12-7-19-34-33(25)30/h3-7,9,11-19,21-22H,2,8,10,20,23H2,1H3. The lowest BCUT2D eigenvalue weighted by molar-refractivity contribution is -0.145. The number of pyridine rings is 2. The molecule has 39 heavy (non-hydrogen) atoms. The third kappa shape index (κ3) is 6.24. The molecule has 0 saturated heterocycles. The maximum Gasteiger partial charge on any atom is 0.344 e. The molecule has 5 rings (SSSR count). The number of hydrogen-bond acceptors (Lipinski definition) is 5. The predicted octanol–water partition coefficient (Wildman–Crippen LogP) is 6.31. The summed E-state index contributed by atoms with van der Waals surface area (Å²) in [7, 11) is 0. The first-order valence-corrected chi connectivity index (χ1v) is 13.1. The molecule has 0 fully saturated rings. The van der Waals surface area contributed by atoms with Gasteiger partial charge in [-0.2, -0.15) is 0 Å². The van der Waals surface area contributed by atoms with Crippen LogP contribution < -0.4 is 10.3 Å². The molecule has 0 N–H and O–H groups in total. The molecule has 0 aliphatic carbocycles. The smallest absolute Gasteiger partial charge is 0.344 e. The maximum absolute atomic E-state index is 12.7. The van der Waals surface area contributed by atoms with Crippen molar-refractivity contribution in [2.24, 2.45) is 0 Å². The van der Waals surface area contributed by atoms with Gasteiger partial charge in [-0.3, -0.25) is 9.78 Å². The van der Waals surface area contributed by atoms with Crippen LogP contribution in [0.5, 0.6) is 5.75 Å². The first-order valence-electron chi connectivity index (χ1n) is 13.1. The van der Waals surface area contributed by atoms with Crippen molar-refractivity contribution >= 4 is 16.9 Å². The largest absolute Gasteiger partial charge is 0.482 e. The Morgan fingerprint density at radius 3 is 2.54 bits per heavy atom. The van der Waals surface area contributed by atoms with Gasteiger partial charge >= 0.3 is 5.97 Å². The van der Waals surface area contributed by atoms with Crippen molar-refractivity contribution in [3.8, 4) is 28.0 Å². The Morgan fingerprint density at radius 1 is 0.872 bits per heavy atom. The van der Waals surface area contributed by atoms with Crippen molar-refractivity contribution < 1.29 is 14.3 Å². The molecule has 196 valence electrons. The van der Waals surface area contributed by atoms with Gasteiger partial charge in [0.2, 0.25) is 0 Å². The van der Waals surface area contributed by atoms with Crippen LogP contribution in [0.2, 0.25) is 0 Å². The summed E-state index contributed by atoms with van der Waals surface area (Å²) < 4.78 is 12.2. The van der Waals surface area contributed by atoms with Crippen LogP contribution in [0.4, 0.5) is 0 Å². The van der Waals surface area contributed by atoms with Crippen molar-refractivity contribution in [1.29, 1.82) is 0 Å². The number of esters is 1. The Balaban J connectivity index is 1.33. The van der Waals surface area contributed by atoms with Crippen molar-refractivity contribution in [2.45, 2.75) is 26.3 Å². The molecule has 0 atom stereocenters. The minimum atomic E-state index is -0.388. The van der Waals surface area contributed by atoms with Gasteiger partial charge in [0.15, 0.2) is 6.61 Å². The van der Waals surface area contributed by atoms with Gasteiger partial charge in [0.05, 0.1) is 12.1 Å². The Bertz CT molecular complexity index is 1650. The van der Waals surface area contributed by atoms with E-state index in [4.69, 9.17) is 9.47 Å². The van der Waals surface area contributed by atoms with E-state index in [0.29, 0.717) is 18.9 Å². The number of aryl methyl sites for hydroxylation is 2. The second-order valence-corrected chi connectivity index (χ2v) is 9.22. The van der Waals surface area contributed by atoms with Crippen LogP contribution in [0.25, 0.3) is 33.2 Å². The summed E-state index contributed by atoms with van der Waals surface area (Å²) in [6, 6.07) is 29.6. The fourth-order valence-corrected chi connectivity index (χ4v) is 4.75. The van der Waals surface area contributed by atoms with E-state index in [1.165, 1.54) is 0 Å². The maximum atomic E-state index is 12.7. The number of carbonyl (C=O) groups excluding carboxylic acids is 1. The molecular weight excluding hydrogens is 488 g/mol. The molecule has 0 unspecified atom stereocenters. The number of para-hydroxylation sites is 1. The summed E-state index contributed by atoms with van der Waals surface area (Å²) >= 11 is 0. The van der Waals surface area contributed by atoms with Gasteiger partial charge in [-0.25, -0.2) is 4.79 Å². The fraction of sp³-hybridized carbons (Fsp3) is 0.182. The molecule has 6 heteroatoms. The van der Waals surface area contributed by atoms with Gasteiger partial charge in [0, 0.05) is 36.0 Å². The van der Waals surface area contributed by atoms with Crippen LogP contribution in [-0.2, 0) is 22.5 Å². The molecule has 2 heterocycles. The van der Waals surface area contributed by atoms with E-state index in [0.717, 1.165) is 51.6 Å². The quantitative estimate of drug-likeness (QED) is 0.203. The average Bonchev–Trinajstić information content (AvgIpc) is 2.97. The highest BCUT2D eigenvalue weighted by Gasteiger charge is 2.12. The van der Waals surface area contributed by atoms with E-state index in [9.17, 15) is 9.59 Å². The molecule has 5 aromatic rings. The molecule has 0 spiro atoms. The molecule has 2 aromatic heterocycles. The molecule has 0 saturated carbocycles. The fourth-order valence-electron chi connectivity index (χ4n) is 4.75. The second kappa shape index (κ2) is 12.2. The van der Waals surface area contributed by atoms with E-state index >= 15 is 0 Å². The van der Waals surface area contributed by atoms with Crippen LogP contribution >= 0.6 is 0 Å². The number of rotatable bonds is 10. The number of benzene rings is 3. The lowest BCUT2D eigenvalue weighted by atomic mass is 9.94. The highest BCUT2D eigenvalue weighted by molar-refractivity contribution is 5.97. The Hall–Kier alpha value is -4.71. The summed E-state index contributed by atoms with van der Waals surface area (Å²) in [5, 5.41) is 1.09. The van der Waals surface area contributed by atoms with Crippen molar-refractivity contribution in [2.75, 3.05) is 13.2 Å². The van der Waals surface area contributed by atoms with Crippen LogP contribution in [0.1, 0.15) is 18.9 Å². The molecule has 0 amide bonds. The van der Waals surface area contributed by atoms with E-state index < -0.39 is 0 Å². The van der Waals surface area contributed by atoms with E-state index in [-0.39, 0.29) is 18.1 Å². The van der Waals surface area contributed by atoms with Gasteiger partial charge in [0.25, 0.3) is 5.56 Å². The third-order valence-electron chi connectivity index (χ3n) is 6.57. The number of fused-ring (bicyclic) bond motifs is 1. The summed E-state index contributed by atoms with van der Waals surface area (Å²) in [4.78, 5) is 28.9. The molecule has 3 aromatic carbocycles. The zero-order valence-electron chi connectivity index (χ0n) is 21.9. The zero-order chi connectivity index (χ0) is 27.0. The number of nitrogens with zero attached hydrogens (tertiary/aromatic N) is 2. The van der Waals surface area contributed by atoms with Gasteiger partial charge in [-0.05, 0) is 66.3 Å². The number of hydrogen-bond donors (Lipinski definition) is 0. The Labute approximate surface area is 227 Å². The van der Waals surface area contributed by atoms with Gasteiger partial charge in [-0.1, -0.05) is 60.7 Å². The monoisotopic (exact) mass is 518 g/mol. The topological polar surface area (TPSA) is 70.4 Å².